The first-order valence-corrected chi connectivity index (χ1v) is 8.80. The van der Waals surface area contributed by atoms with Crippen molar-refractivity contribution in [2.24, 2.45) is 0 Å². The minimum absolute atomic E-state index is 0.0953. The van der Waals surface area contributed by atoms with Crippen LogP contribution in [-0.2, 0) is 0 Å². The van der Waals surface area contributed by atoms with Gasteiger partial charge in [-0.25, -0.2) is 0 Å². The third-order valence-electron chi connectivity index (χ3n) is 4.11. The summed E-state index contributed by atoms with van der Waals surface area (Å²) in [5, 5.41) is 5.44. The standard InChI is InChI=1S/C22H19N3O4/c1-14(26)15-5-3-6-17(11-15)24-21(27)16-9-10-23-20(12-16)22(28)25-18-7-4-8-19(13-18)29-2/h3-13H,1-2H3,(H,24,27)(H,25,28). The molecule has 0 atom stereocenters. The van der Waals surface area contributed by atoms with Crippen molar-refractivity contribution in [3.8, 4) is 5.75 Å². The Morgan fingerprint density at radius 3 is 2.24 bits per heavy atom. The second-order valence-corrected chi connectivity index (χ2v) is 6.21. The molecule has 0 fully saturated rings. The van der Waals surface area contributed by atoms with Crippen molar-refractivity contribution in [3.05, 3.63) is 83.7 Å². The molecule has 29 heavy (non-hydrogen) atoms. The normalized spacial score (nSPS) is 10.1. The van der Waals surface area contributed by atoms with Gasteiger partial charge in [-0.05, 0) is 43.3 Å². The predicted molar refractivity (Wildman–Crippen MR) is 110 cm³/mol. The zero-order chi connectivity index (χ0) is 20.8. The number of aromatic nitrogens is 1. The number of pyridine rings is 1. The van der Waals surface area contributed by atoms with Crippen molar-refractivity contribution in [2.75, 3.05) is 17.7 Å². The summed E-state index contributed by atoms with van der Waals surface area (Å²) in [6.07, 6.45) is 1.39. The second-order valence-electron chi connectivity index (χ2n) is 6.21. The maximum absolute atomic E-state index is 12.5. The Morgan fingerprint density at radius 1 is 0.828 bits per heavy atom. The van der Waals surface area contributed by atoms with Crippen molar-refractivity contribution >= 4 is 29.0 Å². The van der Waals surface area contributed by atoms with Crippen LogP contribution in [0.2, 0.25) is 0 Å². The molecule has 0 spiro atoms. The zero-order valence-corrected chi connectivity index (χ0v) is 15.9. The molecule has 2 amide bonds. The quantitative estimate of drug-likeness (QED) is 0.625. The van der Waals surface area contributed by atoms with Crippen molar-refractivity contribution in [1.82, 2.24) is 4.98 Å². The molecule has 3 aromatic rings. The molecule has 0 bridgehead atoms. The van der Waals surface area contributed by atoms with Gasteiger partial charge in [-0.2, -0.15) is 0 Å². The highest BCUT2D eigenvalue weighted by Crippen LogP contribution is 2.18. The molecule has 0 saturated heterocycles. The number of hydrogen-bond donors (Lipinski definition) is 2. The Morgan fingerprint density at radius 2 is 1.52 bits per heavy atom. The van der Waals surface area contributed by atoms with E-state index in [4.69, 9.17) is 4.74 Å². The monoisotopic (exact) mass is 389 g/mol. The second kappa shape index (κ2) is 8.79. The number of Topliss-reactive ketones (excluding diaryl/α,β-unsaturated/α-hetero) is 1. The van der Waals surface area contributed by atoms with E-state index >= 15 is 0 Å². The lowest BCUT2D eigenvalue weighted by Gasteiger charge is -2.09. The molecule has 0 radical (unpaired) electrons. The van der Waals surface area contributed by atoms with Crippen molar-refractivity contribution in [3.63, 3.8) is 0 Å². The van der Waals surface area contributed by atoms with E-state index in [1.165, 1.54) is 32.4 Å². The third-order valence-corrected chi connectivity index (χ3v) is 4.11. The van der Waals surface area contributed by atoms with E-state index in [1.54, 1.807) is 48.5 Å². The van der Waals surface area contributed by atoms with Crippen LogP contribution in [0.3, 0.4) is 0 Å². The van der Waals surface area contributed by atoms with Crippen LogP contribution in [0.5, 0.6) is 5.75 Å². The predicted octanol–water partition coefficient (Wildman–Crippen LogP) is 3.80. The van der Waals surface area contributed by atoms with Gasteiger partial charge in [-0.15, -0.1) is 0 Å². The molecule has 2 N–H and O–H groups in total. The number of rotatable bonds is 6. The highest BCUT2D eigenvalue weighted by Gasteiger charge is 2.13. The van der Waals surface area contributed by atoms with Crippen LogP contribution in [0, 0.1) is 0 Å². The molecule has 0 aliphatic rings. The van der Waals surface area contributed by atoms with Crippen LogP contribution in [0.1, 0.15) is 38.1 Å². The molecule has 7 heteroatoms. The molecule has 2 aromatic carbocycles. The molecule has 3 rings (SSSR count). The summed E-state index contributed by atoms with van der Waals surface area (Å²) in [5.74, 6) is -0.354. The van der Waals surface area contributed by atoms with Crippen LogP contribution >= 0.6 is 0 Å². The number of nitrogens with one attached hydrogen (secondary N) is 2. The fourth-order valence-corrected chi connectivity index (χ4v) is 2.61. The van der Waals surface area contributed by atoms with Crippen molar-refractivity contribution in [1.29, 1.82) is 0 Å². The highest BCUT2D eigenvalue weighted by molar-refractivity contribution is 6.08. The number of anilines is 2. The molecule has 1 heterocycles. The molecule has 0 saturated carbocycles. The zero-order valence-electron chi connectivity index (χ0n) is 15.9. The number of methoxy groups -OCH3 is 1. The van der Waals surface area contributed by atoms with E-state index in [9.17, 15) is 14.4 Å². The van der Waals surface area contributed by atoms with Gasteiger partial charge in [0.05, 0.1) is 7.11 Å². The van der Waals surface area contributed by atoms with E-state index in [0.717, 1.165) is 0 Å². The van der Waals surface area contributed by atoms with Crippen LogP contribution in [-0.4, -0.2) is 29.7 Å². The number of ketones is 1. The van der Waals surface area contributed by atoms with Gasteiger partial charge in [0.15, 0.2) is 5.78 Å². The van der Waals surface area contributed by atoms with E-state index in [-0.39, 0.29) is 17.0 Å². The minimum Gasteiger partial charge on any atom is -0.497 e. The summed E-state index contributed by atoms with van der Waals surface area (Å²) < 4.78 is 5.13. The summed E-state index contributed by atoms with van der Waals surface area (Å²) in [6.45, 7) is 1.46. The van der Waals surface area contributed by atoms with Gasteiger partial charge in [0, 0.05) is 34.8 Å². The molecule has 0 aliphatic carbocycles. The summed E-state index contributed by atoms with van der Waals surface area (Å²) >= 11 is 0. The molecule has 146 valence electrons. The first kappa shape index (κ1) is 19.8. The molecular formula is C22H19N3O4. The number of nitrogens with zero attached hydrogens (tertiary/aromatic N) is 1. The first-order chi connectivity index (χ1) is 14.0. The number of hydrogen-bond acceptors (Lipinski definition) is 5. The topological polar surface area (TPSA) is 97.4 Å². The average molecular weight is 389 g/mol. The summed E-state index contributed by atoms with van der Waals surface area (Å²) in [6, 6.07) is 16.5. The fourth-order valence-electron chi connectivity index (χ4n) is 2.61. The third kappa shape index (κ3) is 5.04. The summed E-state index contributed by atoms with van der Waals surface area (Å²) in [5.41, 5.74) is 1.90. The SMILES string of the molecule is COc1cccc(NC(=O)c2cc(C(=O)Nc3cccc(C(C)=O)c3)ccn2)c1. The van der Waals surface area contributed by atoms with Gasteiger partial charge in [0.25, 0.3) is 11.8 Å². The van der Waals surface area contributed by atoms with Crippen LogP contribution in [0.4, 0.5) is 11.4 Å². The molecule has 1 aromatic heterocycles. The Hall–Kier alpha value is -4.00. The molecule has 7 nitrogen and oxygen atoms in total. The van der Waals surface area contributed by atoms with Gasteiger partial charge in [-0.3, -0.25) is 19.4 Å². The van der Waals surface area contributed by atoms with Gasteiger partial charge < -0.3 is 15.4 Å². The highest BCUT2D eigenvalue weighted by atomic mass is 16.5. The lowest BCUT2D eigenvalue weighted by molar-refractivity contribution is 0.100. The lowest BCUT2D eigenvalue weighted by atomic mass is 10.1. The molecular weight excluding hydrogens is 370 g/mol. The van der Waals surface area contributed by atoms with Crippen LogP contribution < -0.4 is 15.4 Å². The van der Waals surface area contributed by atoms with E-state index in [1.807, 2.05) is 0 Å². The summed E-state index contributed by atoms with van der Waals surface area (Å²) in [7, 11) is 1.54. The number of amides is 2. The maximum Gasteiger partial charge on any atom is 0.274 e. The van der Waals surface area contributed by atoms with Crippen LogP contribution in [0.15, 0.2) is 66.9 Å². The largest absolute Gasteiger partial charge is 0.497 e. The van der Waals surface area contributed by atoms with Crippen molar-refractivity contribution in [2.45, 2.75) is 6.92 Å². The fraction of sp³-hybridized carbons (Fsp3) is 0.0909. The number of carbonyl (C=O) groups is 3. The Kier molecular flexibility index (Phi) is 5.99. The Balaban J connectivity index is 1.74. The lowest BCUT2D eigenvalue weighted by Crippen LogP contribution is -2.17. The van der Waals surface area contributed by atoms with E-state index in [0.29, 0.717) is 22.7 Å². The number of carbonyl (C=O) groups excluding carboxylic acids is 3. The Bertz CT molecular complexity index is 1080. The van der Waals surface area contributed by atoms with Crippen LogP contribution in [0.25, 0.3) is 0 Å². The van der Waals surface area contributed by atoms with E-state index < -0.39 is 11.8 Å². The number of benzene rings is 2. The van der Waals surface area contributed by atoms with Crippen molar-refractivity contribution < 1.29 is 19.1 Å². The molecule has 0 aliphatic heterocycles. The first-order valence-electron chi connectivity index (χ1n) is 8.80. The Labute approximate surface area is 167 Å². The molecule has 0 unspecified atom stereocenters. The van der Waals surface area contributed by atoms with Gasteiger partial charge in [0.2, 0.25) is 0 Å². The minimum atomic E-state index is -0.452. The smallest absolute Gasteiger partial charge is 0.274 e. The summed E-state index contributed by atoms with van der Waals surface area (Å²) in [4.78, 5) is 40.5. The van der Waals surface area contributed by atoms with Gasteiger partial charge in [0.1, 0.15) is 11.4 Å². The van der Waals surface area contributed by atoms with Gasteiger partial charge in [-0.1, -0.05) is 18.2 Å². The average Bonchev–Trinajstić information content (AvgIpc) is 2.74. The van der Waals surface area contributed by atoms with E-state index in [2.05, 4.69) is 15.6 Å². The number of ether oxygens (including phenoxy) is 1. The maximum atomic E-state index is 12.5. The van der Waals surface area contributed by atoms with Gasteiger partial charge >= 0.3 is 0 Å².